The van der Waals surface area contributed by atoms with Gasteiger partial charge in [0.15, 0.2) is 0 Å². The molecule has 0 radical (unpaired) electrons. The van der Waals surface area contributed by atoms with Gasteiger partial charge in [0.2, 0.25) is 0 Å². The molecule has 4 unspecified atom stereocenters. The molecular weight excluding hydrogens is 254 g/mol. The van der Waals surface area contributed by atoms with Gasteiger partial charge in [-0.1, -0.05) is 50.1 Å². The van der Waals surface area contributed by atoms with E-state index in [1.54, 1.807) is 0 Å². The maximum absolute atomic E-state index is 11.3. The van der Waals surface area contributed by atoms with Gasteiger partial charge in [-0.3, -0.25) is 10.1 Å². The molecule has 1 aromatic rings. The lowest BCUT2D eigenvalue weighted by molar-refractivity contribution is -0.141. The fourth-order valence-electron chi connectivity index (χ4n) is 2.14. The molecule has 4 heteroatoms. The molecule has 0 saturated heterocycles. The van der Waals surface area contributed by atoms with Crippen LogP contribution in [0.25, 0.3) is 0 Å². The first-order valence-corrected chi connectivity index (χ1v) is 7.10. The molecule has 1 aromatic carbocycles. The zero-order valence-corrected chi connectivity index (χ0v) is 12.6. The minimum atomic E-state index is -0.873. The van der Waals surface area contributed by atoms with Gasteiger partial charge < -0.3 is 10.2 Å². The van der Waals surface area contributed by atoms with Gasteiger partial charge in [-0.15, -0.1) is 0 Å². The molecule has 0 spiro atoms. The number of nitrogens with one attached hydrogen (secondary N) is 1. The predicted octanol–water partition coefficient (Wildman–Crippen LogP) is 2.51. The molecule has 0 amide bonds. The Hall–Kier alpha value is -1.39. The Kier molecular flexibility index (Phi) is 6.17. The topological polar surface area (TPSA) is 69.6 Å². The van der Waals surface area contributed by atoms with Crippen molar-refractivity contribution >= 4 is 5.97 Å². The molecule has 0 heterocycles. The zero-order chi connectivity index (χ0) is 15.3. The van der Waals surface area contributed by atoms with E-state index in [9.17, 15) is 15.0 Å². The summed E-state index contributed by atoms with van der Waals surface area (Å²) in [6, 6.07) is 6.65. The maximum Gasteiger partial charge on any atom is 0.320 e. The summed E-state index contributed by atoms with van der Waals surface area (Å²) in [5.74, 6) is -0.859. The van der Waals surface area contributed by atoms with Crippen molar-refractivity contribution in [3.8, 4) is 0 Å². The molecule has 1 rings (SSSR count). The molecule has 4 nitrogen and oxygen atoms in total. The second-order valence-corrected chi connectivity index (χ2v) is 5.51. The van der Waals surface area contributed by atoms with Crippen molar-refractivity contribution in [2.75, 3.05) is 0 Å². The summed E-state index contributed by atoms with van der Waals surface area (Å²) in [5.41, 5.74) is 1.92. The Morgan fingerprint density at radius 1 is 1.25 bits per heavy atom. The van der Waals surface area contributed by atoms with Crippen molar-refractivity contribution in [2.24, 2.45) is 5.92 Å². The van der Waals surface area contributed by atoms with E-state index < -0.39 is 18.1 Å². The number of aliphatic hydroxyl groups is 1. The van der Waals surface area contributed by atoms with Gasteiger partial charge in [-0.2, -0.15) is 0 Å². The summed E-state index contributed by atoms with van der Waals surface area (Å²) in [6.07, 6.45) is 0.0543. The Morgan fingerprint density at radius 3 is 2.25 bits per heavy atom. The summed E-state index contributed by atoms with van der Waals surface area (Å²) in [6.45, 7) is 7.66. The van der Waals surface area contributed by atoms with Gasteiger partial charge in [0.05, 0.1) is 6.10 Å². The van der Waals surface area contributed by atoms with Crippen molar-refractivity contribution in [3.05, 3.63) is 35.4 Å². The number of hydrogen-bond donors (Lipinski definition) is 3. The number of aryl methyl sites for hydroxylation is 1. The van der Waals surface area contributed by atoms with E-state index in [4.69, 9.17) is 0 Å². The van der Waals surface area contributed by atoms with Crippen molar-refractivity contribution in [3.63, 3.8) is 0 Å². The Balaban J connectivity index is 2.75. The molecule has 0 aliphatic heterocycles. The molecule has 3 N–H and O–H groups in total. The highest BCUT2D eigenvalue weighted by atomic mass is 16.4. The number of benzene rings is 1. The lowest BCUT2D eigenvalue weighted by Gasteiger charge is -2.27. The fourth-order valence-corrected chi connectivity index (χ4v) is 2.14. The Morgan fingerprint density at radius 2 is 1.80 bits per heavy atom. The average molecular weight is 279 g/mol. The first-order chi connectivity index (χ1) is 9.36. The second-order valence-electron chi connectivity index (χ2n) is 5.51. The number of carboxylic acid groups (broad SMARTS) is 1. The molecule has 0 bridgehead atoms. The van der Waals surface area contributed by atoms with Gasteiger partial charge in [0.25, 0.3) is 0 Å². The third-order valence-electron chi connectivity index (χ3n) is 3.81. The molecular formula is C16H25NO3. The summed E-state index contributed by atoms with van der Waals surface area (Å²) in [5, 5.41) is 22.6. The first kappa shape index (κ1) is 16.7. The molecule has 112 valence electrons. The SMILES string of the molecule is CCC(C)C(NC(C)C(O)c1ccc(C)cc1)C(=O)O. The smallest absolute Gasteiger partial charge is 0.320 e. The first-order valence-electron chi connectivity index (χ1n) is 7.10. The van der Waals surface area contributed by atoms with Crippen LogP contribution in [0.15, 0.2) is 24.3 Å². The van der Waals surface area contributed by atoms with Crippen molar-refractivity contribution in [2.45, 2.75) is 52.3 Å². The number of carboxylic acids is 1. The lowest BCUT2D eigenvalue weighted by atomic mass is 9.96. The van der Waals surface area contributed by atoms with Crippen molar-refractivity contribution in [1.29, 1.82) is 0 Å². The van der Waals surface area contributed by atoms with Crippen LogP contribution in [0.3, 0.4) is 0 Å². The summed E-state index contributed by atoms with van der Waals surface area (Å²) in [7, 11) is 0. The quantitative estimate of drug-likeness (QED) is 0.717. The van der Waals surface area contributed by atoms with Crippen LogP contribution in [0.4, 0.5) is 0 Å². The Bertz CT molecular complexity index is 430. The average Bonchev–Trinajstić information content (AvgIpc) is 2.43. The number of aliphatic hydroxyl groups excluding tert-OH is 1. The number of rotatable bonds is 7. The second kappa shape index (κ2) is 7.41. The van der Waals surface area contributed by atoms with Crippen LogP contribution in [0.5, 0.6) is 0 Å². The maximum atomic E-state index is 11.3. The van der Waals surface area contributed by atoms with Crippen LogP contribution < -0.4 is 5.32 Å². The third kappa shape index (κ3) is 4.32. The summed E-state index contributed by atoms with van der Waals surface area (Å²) < 4.78 is 0. The standard InChI is InChI=1S/C16H25NO3/c1-5-11(3)14(16(19)20)17-12(4)15(18)13-8-6-10(2)7-9-13/h6-9,11-12,14-15,17-18H,5H2,1-4H3,(H,19,20). The van der Waals surface area contributed by atoms with Crippen LogP contribution in [0.2, 0.25) is 0 Å². The predicted molar refractivity (Wildman–Crippen MR) is 79.6 cm³/mol. The van der Waals surface area contributed by atoms with Crippen LogP contribution in [0.1, 0.15) is 44.4 Å². The Labute approximate surface area is 120 Å². The third-order valence-corrected chi connectivity index (χ3v) is 3.81. The molecule has 4 atom stereocenters. The summed E-state index contributed by atoms with van der Waals surface area (Å²) in [4.78, 5) is 11.3. The highest BCUT2D eigenvalue weighted by Crippen LogP contribution is 2.19. The van der Waals surface area contributed by atoms with E-state index in [0.29, 0.717) is 0 Å². The van der Waals surface area contributed by atoms with E-state index in [0.717, 1.165) is 17.5 Å². The van der Waals surface area contributed by atoms with Gasteiger partial charge in [-0.25, -0.2) is 0 Å². The van der Waals surface area contributed by atoms with Crippen molar-refractivity contribution < 1.29 is 15.0 Å². The molecule has 0 aliphatic carbocycles. The van der Waals surface area contributed by atoms with E-state index in [1.165, 1.54) is 0 Å². The van der Waals surface area contributed by atoms with E-state index >= 15 is 0 Å². The normalized spacial score (nSPS) is 17.2. The molecule has 20 heavy (non-hydrogen) atoms. The van der Waals surface area contributed by atoms with E-state index in [-0.39, 0.29) is 12.0 Å². The highest BCUT2D eigenvalue weighted by Gasteiger charge is 2.27. The van der Waals surface area contributed by atoms with E-state index in [2.05, 4.69) is 5.32 Å². The van der Waals surface area contributed by atoms with Gasteiger partial charge in [0, 0.05) is 6.04 Å². The molecule has 0 fully saturated rings. The van der Waals surface area contributed by atoms with Crippen LogP contribution >= 0.6 is 0 Å². The molecule has 0 saturated carbocycles. The van der Waals surface area contributed by atoms with Crippen LogP contribution in [-0.2, 0) is 4.79 Å². The summed E-state index contributed by atoms with van der Waals surface area (Å²) >= 11 is 0. The van der Waals surface area contributed by atoms with Crippen LogP contribution in [-0.4, -0.2) is 28.3 Å². The lowest BCUT2D eigenvalue weighted by Crippen LogP contribution is -2.48. The van der Waals surface area contributed by atoms with Gasteiger partial charge in [0.1, 0.15) is 6.04 Å². The van der Waals surface area contributed by atoms with Gasteiger partial charge in [-0.05, 0) is 25.3 Å². The monoisotopic (exact) mass is 279 g/mol. The van der Waals surface area contributed by atoms with Crippen molar-refractivity contribution in [1.82, 2.24) is 5.32 Å². The minimum Gasteiger partial charge on any atom is -0.480 e. The van der Waals surface area contributed by atoms with E-state index in [1.807, 2.05) is 52.0 Å². The highest BCUT2D eigenvalue weighted by molar-refractivity contribution is 5.73. The number of aliphatic carboxylic acids is 1. The zero-order valence-electron chi connectivity index (χ0n) is 12.6. The molecule has 0 aliphatic rings. The number of carbonyl (C=O) groups is 1. The van der Waals surface area contributed by atoms with Gasteiger partial charge >= 0.3 is 5.97 Å². The molecule has 0 aromatic heterocycles. The fraction of sp³-hybridized carbons (Fsp3) is 0.562. The largest absolute Gasteiger partial charge is 0.480 e. The van der Waals surface area contributed by atoms with Crippen LogP contribution in [0, 0.1) is 12.8 Å². The minimum absolute atomic E-state index is 0.0140. The number of hydrogen-bond acceptors (Lipinski definition) is 3.